The van der Waals surface area contributed by atoms with E-state index in [2.05, 4.69) is 10.6 Å². The number of hydrogen-bond donors (Lipinski definition) is 5. The molecule has 0 radical (unpaired) electrons. The molecule has 1 aromatic rings. The van der Waals surface area contributed by atoms with Crippen LogP contribution in [-0.2, 0) is 20.9 Å². The topological polar surface area (TPSA) is 169 Å². The number of fused-ring (bicyclic) bond motifs is 1. The number of rotatable bonds is 8. The lowest BCUT2D eigenvalue weighted by Gasteiger charge is -2.46. The van der Waals surface area contributed by atoms with Gasteiger partial charge in [-0.1, -0.05) is 6.92 Å². The van der Waals surface area contributed by atoms with Crippen LogP contribution >= 0.6 is 11.8 Å². The fourth-order valence-electron chi connectivity index (χ4n) is 4.73. The Morgan fingerprint density at radius 3 is 2.67 bits per heavy atom. The van der Waals surface area contributed by atoms with Crippen molar-refractivity contribution in [3.8, 4) is 0 Å². The molecule has 0 unspecified atom stereocenters. The molecule has 4 rings (SSSR count). The summed E-state index contributed by atoms with van der Waals surface area (Å²) in [4.78, 5) is 49.7. The summed E-state index contributed by atoms with van der Waals surface area (Å²) in [6.45, 7) is 3.92. The third-order valence-corrected chi connectivity index (χ3v) is 7.86. The molecule has 4 heterocycles. The van der Waals surface area contributed by atoms with Gasteiger partial charge in [0.05, 0.1) is 36.2 Å². The molecule has 2 saturated heterocycles. The van der Waals surface area contributed by atoms with Crippen molar-refractivity contribution in [2.75, 3.05) is 6.54 Å². The number of aliphatic hydroxyl groups is 1. The number of aromatic carboxylic acids is 1. The average Bonchev–Trinajstić information content (AvgIpc) is 3.45. The lowest BCUT2D eigenvalue weighted by atomic mass is 9.79. The van der Waals surface area contributed by atoms with Crippen LogP contribution in [0.4, 0.5) is 0 Å². The minimum absolute atomic E-state index is 0.00363. The Hall–Kier alpha value is -2.83. The molecule has 5 N–H and O–H groups in total. The van der Waals surface area contributed by atoms with Crippen LogP contribution in [0.3, 0.4) is 0 Å². The molecule has 12 heteroatoms. The van der Waals surface area contributed by atoms with E-state index in [0.717, 1.165) is 6.26 Å². The Morgan fingerprint density at radius 1 is 1.33 bits per heavy atom. The predicted molar refractivity (Wildman–Crippen MR) is 115 cm³/mol. The van der Waals surface area contributed by atoms with Gasteiger partial charge in [-0.15, -0.1) is 11.8 Å². The average molecular weight is 480 g/mol. The maximum Gasteiger partial charge on any atom is 0.353 e. The van der Waals surface area contributed by atoms with Gasteiger partial charge in [-0.05, 0) is 19.4 Å². The van der Waals surface area contributed by atoms with Crippen molar-refractivity contribution in [1.29, 1.82) is 0 Å². The number of furan rings is 1. The van der Waals surface area contributed by atoms with Crippen LogP contribution in [0, 0.1) is 11.8 Å². The van der Waals surface area contributed by atoms with E-state index in [9.17, 15) is 29.4 Å². The normalized spacial score (nSPS) is 29.6. The molecule has 3 aliphatic heterocycles. The predicted octanol–water partition coefficient (Wildman–Crippen LogP) is 0.211. The smallest absolute Gasteiger partial charge is 0.353 e. The number of aliphatic carboxylic acids is 1. The van der Waals surface area contributed by atoms with Gasteiger partial charge in [0.25, 0.3) is 0 Å². The second-order valence-corrected chi connectivity index (χ2v) is 9.88. The van der Waals surface area contributed by atoms with E-state index in [1.807, 2.05) is 6.92 Å². The van der Waals surface area contributed by atoms with E-state index in [0.29, 0.717) is 23.6 Å². The van der Waals surface area contributed by atoms with Gasteiger partial charge in [-0.3, -0.25) is 9.59 Å². The summed E-state index contributed by atoms with van der Waals surface area (Å²) in [5, 5.41) is 34.4. The third-order valence-electron chi connectivity index (χ3n) is 6.35. The van der Waals surface area contributed by atoms with Crippen molar-refractivity contribution in [3.05, 3.63) is 34.3 Å². The monoisotopic (exact) mass is 479 g/mol. The molecule has 2 amide bonds. The first kappa shape index (κ1) is 23.3. The van der Waals surface area contributed by atoms with E-state index < -0.39 is 30.0 Å². The number of nitrogens with one attached hydrogen (secondary N) is 2. The van der Waals surface area contributed by atoms with Crippen LogP contribution in [0.2, 0.25) is 0 Å². The van der Waals surface area contributed by atoms with E-state index in [1.54, 1.807) is 0 Å². The summed E-state index contributed by atoms with van der Waals surface area (Å²) < 4.78 is 5.12. The number of carbonyl (C=O) groups is 4. The van der Waals surface area contributed by atoms with Crippen molar-refractivity contribution < 1.29 is 38.9 Å². The minimum Gasteiger partial charge on any atom is -0.478 e. The highest BCUT2D eigenvalue weighted by Gasteiger charge is 2.60. The SMILES string of the molecule is C[C@@H](O)[C@H]1C(=O)N2C(C(=O)O)=C(S[C@@H]3CN[C@H](C(=O)NCc4cc(C(=O)O)co4)C3)[C@H](C)[C@H]12. The molecule has 0 aromatic carbocycles. The highest BCUT2D eigenvalue weighted by Crippen LogP contribution is 2.51. The van der Waals surface area contributed by atoms with Gasteiger partial charge in [-0.2, -0.15) is 0 Å². The Bertz CT molecular complexity index is 1030. The number of amides is 2. The van der Waals surface area contributed by atoms with Crippen LogP contribution in [0.1, 0.15) is 36.4 Å². The zero-order chi connectivity index (χ0) is 24.0. The third kappa shape index (κ3) is 4.13. The Morgan fingerprint density at radius 2 is 2.06 bits per heavy atom. The molecule has 11 nitrogen and oxygen atoms in total. The number of carboxylic acid groups (broad SMARTS) is 2. The maximum absolute atomic E-state index is 12.5. The van der Waals surface area contributed by atoms with Crippen molar-refractivity contribution in [1.82, 2.24) is 15.5 Å². The minimum atomic E-state index is -1.18. The number of hydrogen-bond acceptors (Lipinski definition) is 8. The summed E-state index contributed by atoms with van der Waals surface area (Å²) in [7, 11) is 0. The second kappa shape index (κ2) is 8.84. The number of carbonyl (C=O) groups excluding carboxylic acids is 2. The van der Waals surface area contributed by atoms with Crippen LogP contribution < -0.4 is 10.6 Å². The van der Waals surface area contributed by atoms with Gasteiger partial charge < -0.3 is 35.3 Å². The quantitative estimate of drug-likeness (QED) is 0.325. The van der Waals surface area contributed by atoms with Gasteiger partial charge in [0.15, 0.2) is 0 Å². The van der Waals surface area contributed by atoms with Gasteiger partial charge >= 0.3 is 11.9 Å². The molecule has 1 aromatic heterocycles. The molecule has 0 saturated carbocycles. The van der Waals surface area contributed by atoms with E-state index >= 15 is 0 Å². The molecular formula is C21H25N3O8S. The molecule has 0 spiro atoms. The first-order valence-corrected chi connectivity index (χ1v) is 11.4. The lowest BCUT2D eigenvalue weighted by Crippen LogP contribution is -2.63. The molecule has 3 aliphatic rings. The van der Waals surface area contributed by atoms with Gasteiger partial charge in [0, 0.05) is 22.6 Å². The largest absolute Gasteiger partial charge is 0.478 e. The van der Waals surface area contributed by atoms with Gasteiger partial charge in [0.1, 0.15) is 17.7 Å². The number of thioether (sulfide) groups is 1. The standard InChI is InChI=1S/C21H25N3O8S/c1-8-15-14(9(2)25)19(27)24(15)16(21(30)31)17(8)33-12-4-13(22-6-12)18(26)23-5-11-3-10(7-32-11)20(28)29/h3,7-9,12-15,22,25H,4-6H2,1-2H3,(H,23,26)(H,28,29)(H,30,31)/t8-,9-,12+,13+,14-,15-/m1/s1. The van der Waals surface area contributed by atoms with Crippen molar-refractivity contribution in [2.45, 2.75) is 50.3 Å². The van der Waals surface area contributed by atoms with Crippen molar-refractivity contribution in [2.24, 2.45) is 11.8 Å². The molecule has 6 atom stereocenters. The molecule has 2 fully saturated rings. The fourth-order valence-corrected chi connectivity index (χ4v) is 6.21. The van der Waals surface area contributed by atoms with E-state index in [1.165, 1.54) is 29.7 Å². The van der Waals surface area contributed by atoms with Crippen LogP contribution in [0.25, 0.3) is 0 Å². The van der Waals surface area contributed by atoms with E-state index in [4.69, 9.17) is 9.52 Å². The zero-order valence-corrected chi connectivity index (χ0v) is 18.8. The Balaban J connectivity index is 1.37. The summed E-state index contributed by atoms with van der Waals surface area (Å²) in [6.07, 6.45) is 0.704. The number of nitrogens with zero attached hydrogens (tertiary/aromatic N) is 1. The van der Waals surface area contributed by atoms with Crippen LogP contribution in [0.5, 0.6) is 0 Å². The highest BCUT2D eigenvalue weighted by molar-refractivity contribution is 8.03. The fraction of sp³-hybridized carbons (Fsp3) is 0.524. The Labute approximate surface area is 193 Å². The number of carboxylic acids is 2. The van der Waals surface area contributed by atoms with Crippen LogP contribution in [0.15, 0.2) is 27.3 Å². The molecule has 178 valence electrons. The highest BCUT2D eigenvalue weighted by atomic mass is 32.2. The Kier molecular flexibility index (Phi) is 6.25. The summed E-state index contributed by atoms with van der Waals surface area (Å²) in [5.74, 6) is -3.46. The summed E-state index contributed by atoms with van der Waals surface area (Å²) >= 11 is 1.36. The lowest BCUT2D eigenvalue weighted by molar-refractivity contribution is -0.163. The molecule has 33 heavy (non-hydrogen) atoms. The summed E-state index contributed by atoms with van der Waals surface area (Å²) in [6, 6.07) is 0.477. The van der Waals surface area contributed by atoms with Gasteiger partial charge in [-0.25, -0.2) is 9.59 Å². The van der Waals surface area contributed by atoms with Gasteiger partial charge in [0.2, 0.25) is 11.8 Å². The van der Waals surface area contributed by atoms with Crippen molar-refractivity contribution >= 4 is 35.5 Å². The van der Waals surface area contributed by atoms with Crippen LogP contribution in [-0.4, -0.2) is 74.0 Å². The molecular weight excluding hydrogens is 454 g/mol. The number of β-lactam (4-membered cyclic amide) rings is 1. The first-order valence-electron chi connectivity index (χ1n) is 10.6. The van der Waals surface area contributed by atoms with E-state index in [-0.39, 0.29) is 46.8 Å². The maximum atomic E-state index is 12.5. The first-order chi connectivity index (χ1) is 15.6. The number of aliphatic hydroxyl groups excluding tert-OH is 1. The molecule has 0 bridgehead atoms. The summed E-state index contributed by atoms with van der Waals surface area (Å²) in [5.41, 5.74) is -0.0247. The second-order valence-electron chi connectivity index (χ2n) is 8.53. The zero-order valence-electron chi connectivity index (χ0n) is 18.0. The van der Waals surface area contributed by atoms with Crippen molar-refractivity contribution in [3.63, 3.8) is 0 Å². The molecule has 0 aliphatic carbocycles.